The highest BCUT2D eigenvalue weighted by Crippen LogP contribution is 2.26. The number of halogens is 1. The second kappa shape index (κ2) is 5.15. The van der Waals surface area contributed by atoms with Gasteiger partial charge in [0, 0.05) is 25.3 Å². The third-order valence-electron chi connectivity index (χ3n) is 3.06. The van der Waals surface area contributed by atoms with Crippen LogP contribution in [0, 0.1) is 0 Å². The van der Waals surface area contributed by atoms with Gasteiger partial charge in [0.1, 0.15) is 5.82 Å². The fraction of sp³-hybridized carbons (Fsp3) is 0.583. The van der Waals surface area contributed by atoms with E-state index in [9.17, 15) is 0 Å². The van der Waals surface area contributed by atoms with Gasteiger partial charge in [-0.25, -0.2) is 4.98 Å². The van der Waals surface area contributed by atoms with Crippen LogP contribution in [0.1, 0.15) is 13.3 Å². The largest absolute Gasteiger partial charge is 0.352 e. The van der Waals surface area contributed by atoms with E-state index >= 15 is 0 Å². The van der Waals surface area contributed by atoms with Crippen molar-refractivity contribution in [3.63, 3.8) is 0 Å². The SMILES string of the molecule is CC1CN(C)CCCN1c1ncccc1Br. The van der Waals surface area contributed by atoms with Crippen molar-refractivity contribution >= 4 is 21.7 Å². The van der Waals surface area contributed by atoms with Crippen molar-refractivity contribution < 1.29 is 0 Å². The van der Waals surface area contributed by atoms with Crippen LogP contribution in [0.5, 0.6) is 0 Å². The number of nitrogens with zero attached hydrogens (tertiary/aromatic N) is 3. The van der Waals surface area contributed by atoms with E-state index in [0.29, 0.717) is 6.04 Å². The Morgan fingerprint density at radius 2 is 2.25 bits per heavy atom. The molecule has 2 heterocycles. The van der Waals surface area contributed by atoms with E-state index in [4.69, 9.17) is 0 Å². The van der Waals surface area contributed by atoms with Gasteiger partial charge < -0.3 is 9.80 Å². The van der Waals surface area contributed by atoms with Gasteiger partial charge in [-0.3, -0.25) is 0 Å². The van der Waals surface area contributed by atoms with Crippen molar-refractivity contribution in [2.24, 2.45) is 0 Å². The highest BCUT2D eigenvalue weighted by atomic mass is 79.9. The minimum absolute atomic E-state index is 0.513. The number of aromatic nitrogens is 1. The van der Waals surface area contributed by atoms with Crippen LogP contribution in [0.25, 0.3) is 0 Å². The van der Waals surface area contributed by atoms with E-state index in [-0.39, 0.29) is 0 Å². The molecule has 4 heteroatoms. The second-order valence-electron chi connectivity index (χ2n) is 4.47. The molecule has 0 aliphatic carbocycles. The quantitative estimate of drug-likeness (QED) is 0.789. The van der Waals surface area contributed by atoms with Crippen LogP contribution in [0.15, 0.2) is 22.8 Å². The first kappa shape index (κ1) is 11.9. The van der Waals surface area contributed by atoms with Crippen LogP contribution in [-0.2, 0) is 0 Å². The smallest absolute Gasteiger partial charge is 0.143 e. The maximum Gasteiger partial charge on any atom is 0.143 e. The van der Waals surface area contributed by atoms with Gasteiger partial charge in [0.2, 0.25) is 0 Å². The molecule has 1 saturated heterocycles. The zero-order valence-corrected chi connectivity index (χ0v) is 11.4. The zero-order chi connectivity index (χ0) is 11.5. The lowest BCUT2D eigenvalue weighted by Crippen LogP contribution is -2.38. The minimum Gasteiger partial charge on any atom is -0.352 e. The Bertz CT molecular complexity index is 356. The normalized spacial score (nSPS) is 23.2. The summed E-state index contributed by atoms with van der Waals surface area (Å²) in [6.45, 7) is 5.62. The summed E-state index contributed by atoms with van der Waals surface area (Å²) in [5.41, 5.74) is 0. The van der Waals surface area contributed by atoms with Gasteiger partial charge in [-0.2, -0.15) is 0 Å². The number of anilines is 1. The van der Waals surface area contributed by atoms with Crippen molar-refractivity contribution in [3.8, 4) is 0 Å². The maximum atomic E-state index is 4.48. The summed E-state index contributed by atoms with van der Waals surface area (Å²) in [4.78, 5) is 9.27. The first-order valence-electron chi connectivity index (χ1n) is 5.74. The van der Waals surface area contributed by atoms with Crippen LogP contribution >= 0.6 is 15.9 Å². The molecule has 1 aliphatic heterocycles. The second-order valence-corrected chi connectivity index (χ2v) is 5.32. The summed E-state index contributed by atoms with van der Waals surface area (Å²) in [6.07, 6.45) is 3.06. The summed E-state index contributed by atoms with van der Waals surface area (Å²) < 4.78 is 1.09. The standard InChI is InChI=1S/C12H18BrN3/c1-10-9-15(2)7-4-8-16(10)12-11(13)5-3-6-14-12/h3,5-6,10H,4,7-9H2,1-2H3. The van der Waals surface area contributed by atoms with Crippen molar-refractivity contribution in [2.75, 3.05) is 31.6 Å². The highest BCUT2D eigenvalue weighted by Gasteiger charge is 2.21. The Balaban J connectivity index is 2.22. The monoisotopic (exact) mass is 283 g/mol. The molecule has 1 atom stereocenters. The van der Waals surface area contributed by atoms with E-state index in [1.54, 1.807) is 0 Å². The van der Waals surface area contributed by atoms with Crippen LogP contribution in [0.4, 0.5) is 5.82 Å². The Labute approximate surface area is 106 Å². The molecule has 1 aromatic heterocycles. The number of likely N-dealkylation sites (N-methyl/N-ethyl adjacent to an activating group) is 1. The molecule has 0 bridgehead atoms. The van der Waals surface area contributed by atoms with Crippen LogP contribution in [0.2, 0.25) is 0 Å². The van der Waals surface area contributed by atoms with Gasteiger partial charge in [-0.05, 0) is 55.0 Å². The van der Waals surface area contributed by atoms with E-state index in [1.807, 2.05) is 12.3 Å². The fourth-order valence-electron chi connectivity index (χ4n) is 2.28. The topological polar surface area (TPSA) is 19.4 Å². The molecule has 0 aromatic carbocycles. The first-order valence-corrected chi connectivity index (χ1v) is 6.53. The number of pyridine rings is 1. The molecule has 2 rings (SSSR count). The minimum atomic E-state index is 0.513. The van der Waals surface area contributed by atoms with Crippen molar-refractivity contribution in [2.45, 2.75) is 19.4 Å². The lowest BCUT2D eigenvalue weighted by molar-refractivity contribution is 0.337. The Hall–Kier alpha value is -0.610. The van der Waals surface area contributed by atoms with Crippen LogP contribution in [0.3, 0.4) is 0 Å². The molecule has 0 amide bonds. The fourth-order valence-corrected chi connectivity index (χ4v) is 2.76. The van der Waals surface area contributed by atoms with Gasteiger partial charge >= 0.3 is 0 Å². The molecule has 3 nitrogen and oxygen atoms in total. The molecule has 1 unspecified atom stereocenters. The van der Waals surface area contributed by atoms with Crippen molar-refractivity contribution in [3.05, 3.63) is 22.8 Å². The van der Waals surface area contributed by atoms with Crippen molar-refractivity contribution in [1.29, 1.82) is 0 Å². The molecular formula is C12H18BrN3. The average Bonchev–Trinajstić information content (AvgIpc) is 2.40. The van der Waals surface area contributed by atoms with Gasteiger partial charge in [0.25, 0.3) is 0 Å². The molecule has 0 saturated carbocycles. The zero-order valence-electron chi connectivity index (χ0n) is 9.86. The number of hydrogen-bond acceptors (Lipinski definition) is 3. The molecule has 1 fully saturated rings. The van der Waals surface area contributed by atoms with E-state index in [2.05, 4.69) is 50.8 Å². The lowest BCUT2D eigenvalue weighted by Gasteiger charge is -2.29. The summed E-state index contributed by atoms with van der Waals surface area (Å²) in [6, 6.07) is 4.53. The third kappa shape index (κ3) is 2.55. The van der Waals surface area contributed by atoms with Crippen molar-refractivity contribution in [1.82, 2.24) is 9.88 Å². The number of hydrogen-bond donors (Lipinski definition) is 0. The van der Waals surface area contributed by atoms with E-state index in [1.165, 1.54) is 13.0 Å². The van der Waals surface area contributed by atoms with Gasteiger partial charge in [-0.15, -0.1) is 0 Å². The molecule has 0 radical (unpaired) electrons. The predicted molar refractivity (Wildman–Crippen MR) is 70.9 cm³/mol. The van der Waals surface area contributed by atoms with Crippen LogP contribution < -0.4 is 4.90 Å². The Morgan fingerprint density at radius 3 is 3.00 bits per heavy atom. The summed E-state index contributed by atoms with van der Waals surface area (Å²) >= 11 is 3.58. The molecule has 0 N–H and O–H groups in total. The molecule has 0 spiro atoms. The Kier molecular flexibility index (Phi) is 3.82. The van der Waals surface area contributed by atoms with E-state index in [0.717, 1.165) is 23.4 Å². The summed E-state index contributed by atoms with van der Waals surface area (Å²) in [5.74, 6) is 1.07. The molecular weight excluding hydrogens is 266 g/mol. The molecule has 1 aliphatic rings. The molecule has 1 aromatic rings. The third-order valence-corrected chi connectivity index (χ3v) is 3.68. The average molecular weight is 284 g/mol. The summed E-state index contributed by atoms with van der Waals surface area (Å²) in [7, 11) is 2.19. The lowest BCUT2D eigenvalue weighted by atomic mass is 10.2. The van der Waals surface area contributed by atoms with Crippen LogP contribution in [-0.4, -0.2) is 42.6 Å². The van der Waals surface area contributed by atoms with Gasteiger partial charge in [-0.1, -0.05) is 0 Å². The molecule has 16 heavy (non-hydrogen) atoms. The number of rotatable bonds is 1. The van der Waals surface area contributed by atoms with Gasteiger partial charge in [0.15, 0.2) is 0 Å². The first-order chi connectivity index (χ1) is 7.68. The van der Waals surface area contributed by atoms with Gasteiger partial charge in [0.05, 0.1) is 4.47 Å². The summed E-state index contributed by atoms with van der Waals surface area (Å²) in [5, 5.41) is 0. The predicted octanol–water partition coefficient (Wildman–Crippen LogP) is 2.37. The molecule has 88 valence electrons. The maximum absolute atomic E-state index is 4.48. The Morgan fingerprint density at radius 1 is 1.44 bits per heavy atom. The van der Waals surface area contributed by atoms with E-state index < -0.39 is 0 Å². The highest BCUT2D eigenvalue weighted by molar-refractivity contribution is 9.10.